The number of hydrogen-bond acceptors (Lipinski definition) is 5. The maximum absolute atomic E-state index is 12.2. The standard InChI is InChI=1S/C16H28N4O2/c1-3-22-11-10-19-6-8-20(9-7-19)12-15(21)18-16(2,13-17)14-4-5-14/h14H,3-12H2,1-2H3,(H,18,21)/t16-/m1/s1. The van der Waals surface area contributed by atoms with Crippen LogP contribution >= 0.6 is 0 Å². The van der Waals surface area contributed by atoms with Crippen LogP contribution in [0.4, 0.5) is 0 Å². The maximum atomic E-state index is 12.2. The van der Waals surface area contributed by atoms with Gasteiger partial charge < -0.3 is 10.1 Å². The van der Waals surface area contributed by atoms with Gasteiger partial charge in [0.2, 0.25) is 5.91 Å². The van der Waals surface area contributed by atoms with Gasteiger partial charge in [-0.3, -0.25) is 14.6 Å². The molecule has 0 radical (unpaired) electrons. The minimum atomic E-state index is -0.684. The van der Waals surface area contributed by atoms with E-state index in [1.54, 1.807) is 0 Å². The molecule has 2 rings (SSSR count). The summed E-state index contributed by atoms with van der Waals surface area (Å²) < 4.78 is 5.37. The summed E-state index contributed by atoms with van der Waals surface area (Å²) in [4.78, 5) is 16.7. The molecule has 1 atom stereocenters. The Morgan fingerprint density at radius 3 is 2.50 bits per heavy atom. The quantitative estimate of drug-likeness (QED) is 0.659. The summed E-state index contributed by atoms with van der Waals surface area (Å²) in [5, 5.41) is 12.2. The van der Waals surface area contributed by atoms with Crippen LogP contribution in [0, 0.1) is 17.2 Å². The number of nitrogens with zero attached hydrogens (tertiary/aromatic N) is 3. The summed E-state index contributed by atoms with van der Waals surface area (Å²) in [6.45, 7) is 10.5. The number of carbonyl (C=O) groups is 1. The summed E-state index contributed by atoms with van der Waals surface area (Å²) in [7, 11) is 0. The van der Waals surface area contributed by atoms with Crippen LogP contribution in [-0.4, -0.2) is 73.7 Å². The Balaban J connectivity index is 1.67. The zero-order chi connectivity index (χ0) is 16.0. The molecule has 1 N–H and O–H groups in total. The Morgan fingerprint density at radius 1 is 1.32 bits per heavy atom. The Hall–Kier alpha value is -1.16. The van der Waals surface area contributed by atoms with Crippen LogP contribution in [0.25, 0.3) is 0 Å². The summed E-state index contributed by atoms with van der Waals surface area (Å²) >= 11 is 0. The molecule has 1 saturated carbocycles. The highest BCUT2D eigenvalue weighted by molar-refractivity contribution is 5.79. The molecule has 0 aromatic rings. The third kappa shape index (κ3) is 4.94. The molecule has 0 aromatic heterocycles. The molecule has 1 aliphatic heterocycles. The fraction of sp³-hybridized carbons (Fsp3) is 0.875. The van der Waals surface area contributed by atoms with E-state index in [0.717, 1.165) is 58.8 Å². The van der Waals surface area contributed by atoms with Crippen molar-refractivity contribution < 1.29 is 9.53 Å². The van der Waals surface area contributed by atoms with Gasteiger partial charge in [0, 0.05) is 39.3 Å². The predicted molar refractivity (Wildman–Crippen MR) is 84.3 cm³/mol. The van der Waals surface area contributed by atoms with E-state index in [9.17, 15) is 10.1 Å². The van der Waals surface area contributed by atoms with Crippen molar-refractivity contribution in [3.8, 4) is 6.07 Å². The average Bonchev–Trinajstić information content (AvgIpc) is 3.34. The van der Waals surface area contributed by atoms with E-state index in [2.05, 4.69) is 21.2 Å². The van der Waals surface area contributed by atoms with Gasteiger partial charge >= 0.3 is 0 Å². The number of ether oxygens (including phenoxy) is 1. The van der Waals surface area contributed by atoms with Gasteiger partial charge in [-0.15, -0.1) is 0 Å². The fourth-order valence-electron chi connectivity index (χ4n) is 2.92. The Bertz CT molecular complexity index is 411. The van der Waals surface area contributed by atoms with Gasteiger partial charge in [-0.05, 0) is 32.6 Å². The third-order valence-electron chi connectivity index (χ3n) is 4.61. The van der Waals surface area contributed by atoms with E-state index < -0.39 is 5.54 Å². The summed E-state index contributed by atoms with van der Waals surface area (Å²) in [5.41, 5.74) is -0.684. The van der Waals surface area contributed by atoms with Crippen LogP contribution < -0.4 is 5.32 Å². The lowest BCUT2D eigenvalue weighted by Gasteiger charge is -2.34. The number of carbonyl (C=O) groups excluding carboxylic acids is 1. The Morgan fingerprint density at radius 2 is 1.95 bits per heavy atom. The molecule has 2 fully saturated rings. The monoisotopic (exact) mass is 308 g/mol. The molecule has 0 bridgehead atoms. The lowest BCUT2D eigenvalue weighted by Crippen LogP contribution is -2.53. The van der Waals surface area contributed by atoms with Crippen LogP contribution in [0.5, 0.6) is 0 Å². The molecule has 124 valence electrons. The zero-order valence-corrected chi connectivity index (χ0v) is 13.8. The van der Waals surface area contributed by atoms with Gasteiger partial charge in [-0.25, -0.2) is 0 Å². The van der Waals surface area contributed by atoms with Crippen molar-refractivity contribution in [2.75, 3.05) is 52.5 Å². The highest BCUT2D eigenvalue weighted by Gasteiger charge is 2.43. The molecule has 0 unspecified atom stereocenters. The Kier molecular flexibility index (Phi) is 6.18. The first-order chi connectivity index (χ1) is 10.6. The topological polar surface area (TPSA) is 68.6 Å². The first-order valence-corrected chi connectivity index (χ1v) is 8.32. The van der Waals surface area contributed by atoms with Crippen molar-refractivity contribution in [1.82, 2.24) is 15.1 Å². The molecule has 22 heavy (non-hydrogen) atoms. The van der Waals surface area contributed by atoms with Gasteiger partial charge in [0.1, 0.15) is 5.54 Å². The number of nitriles is 1. The van der Waals surface area contributed by atoms with Crippen LogP contribution in [0.1, 0.15) is 26.7 Å². The molecular formula is C16H28N4O2. The first-order valence-electron chi connectivity index (χ1n) is 8.32. The molecule has 1 amide bonds. The van der Waals surface area contributed by atoms with Crippen LogP contribution in [-0.2, 0) is 9.53 Å². The van der Waals surface area contributed by atoms with Gasteiger partial charge in [0.15, 0.2) is 0 Å². The molecule has 0 spiro atoms. The predicted octanol–water partition coefficient (Wildman–Crippen LogP) is 0.449. The van der Waals surface area contributed by atoms with Gasteiger partial charge in [0.05, 0.1) is 19.2 Å². The van der Waals surface area contributed by atoms with Crippen molar-refractivity contribution in [3.05, 3.63) is 0 Å². The van der Waals surface area contributed by atoms with E-state index in [0.29, 0.717) is 12.5 Å². The zero-order valence-electron chi connectivity index (χ0n) is 13.8. The summed E-state index contributed by atoms with van der Waals surface area (Å²) in [6, 6.07) is 2.27. The van der Waals surface area contributed by atoms with E-state index in [4.69, 9.17) is 4.74 Å². The molecule has 6 heteroatoms. The smallest absolute Gasteiger partial charge is 0.235 e. The van der Waals surface area contributed by atoms with Crippen molar-refractivity contribution in [3.63, 3.8) is 0 Å². The molecular weight excluding hydrogens is 280 g/mol. The minimum Gasteiger partial charge on any atom is -0.380 e. The molecule has 1 aliphatic carbocycles. The normalized spacial score (nSPS) is 22.8. The fourth-order valence-corrected chi connectivity index (χ4v) is 2.92. The highest BCUT2D eigenvalue weighted by atomic mass is 16.5. The van der Waals surface area contributed by atoms with Crippen molar-refractivity contribution in [2.45, 2.75) is 32.2 Å². The second kappa shape index (κ2) is 7.91. The highest BCUT2D eigenvalue weighted by Crippen LogP contribution is 2.39. The Labute approximate surface area is 133 Å². The number of amides is 1. The number of rotatable bonds is 8. The van der Waals surface area contributed by atoms with Crippen LogP contribution in [0.2, 0.25) is 0 Å². The molecule has 1 saturated heterocycles. The number of piperazine rings is 1. The van der Waals surface area contributed by atoms with Gasteiger partial charge in [0.25, 0.3) is 0 Å². The molecule has 1 heterocycles. The maximum Gasteiger partial charge on any atom is 0.235 e. The summed E-state index contributed by atoms with van der Waals surface area (Å²) in [6.07, 6.45) is 2.09. The van der Waals surface area contributed by atoms with Crippen molar-refractivity contribution >= 4 is 5.91 Å². The van der Waals surface area contributed by atoms with Crippen LogP contribution in [0.15, 0.2) is 0 Å². The second-order valence-corrected chi connectivity index (χ2v) is 6.45. The van der Waals surface area contributed by atoms with Crippen molar-refractivity contribution in [1.29, 1.82) is 5.26 Å². The van der Waals surface area contributed by atoms with Crippen molar-refractivity contribution in [2.24, 2.45) is 5.92 Å². The van der Waals surface area contributed by atoms with E-state index >= 15 is 0 Å². The molecule has 0 aromatic carbocycles. The summed E-state index contributed by atoms with van der Waals surface area (Å²) in [5.74, 6) is 0.301. The van der Waals surface area contributed by atoms with Gasteiger partial charge in [-0.2, -0.15) is 5.26 Å². The van der Waals surface area contributed by atoms with E-state index in [1.165, 1.54) is 0 Å². The SMILES string of the molecule is CCOCCN1CCN(CC(=O)N[C@](C)(C#N)C2CC2)CC1. The number of nitrogens with one attached hydrogen (secondary N) is 1. The largest absolute Gasteiger partial charge is 0.380 e. The van der Waals surface area contributed by atoms with Gasteiger partial charge in [-0.1, -0.05) is 0 Å². The second-order valence-electron chi connectivity index (χ2n) is 6.45. The van der Waals surface area contributed by atoms with E-state index in [1.807, 2.05) is 13.8 Å². The molecule has 2 aliphatic rings. The average molecular weight is 308 g/mol. The third-order valence-corrected chi connectivity index (χ3v) is 4.61. The first kappa shape index (κ1) is 17.2. The van der Waals surface area contributed by atoms with Crippen LogP contribution in [0.3, 0.4) is 0 Å². The molecule has 6 nitrogen and oxygen atoms in total. The lowest BCUT2D eigenvalue weighted by molar-refractivity contribution is -0.124. The van der Waals surface area contributed by atoms with E-state index in [-0.39, 0.29) is 5.91 Å². The minimum absolute atomic E-state index is 0.0290. The lowest BCUT2D eigenvalue weighted by atomic mass is 9.98. The number of hydrogen-bond donors (Lipinski definition) is 1.